The molecule has 1 aromatic heterocycles. The van der Waals surface area contributed by atoms with Gasteiger partial charge in [-0.3, -0.25) is 0 Å². The molecule has 106 valence electrons. The van der Waals surface area contributed by atoms with Gasteiger partial charge in [0.15, 0.2) is 0 Å². The first-order valence-electron chi connectivity index (χ1n) is 6.52. The summed E-state index contributed by atoms with van der Waals surface area (Å²) in [5.74, 6) is -0.520. The summed E-state index contributed by atoms with van der Waals surface area (Å²) in [6.07, 6.45) is 0.506. The van der Waals surface area contributed by atoms with Gasteiger partial charge in [0.2, 0.25) is 0 Å². The van der Waals surface area contributed by atoms with Gasteiger partial charge in [-0.1, -0.05) is 18.2 Å². The molecule has 3 rings (SSSR count). The molecule has 0 aliphatic rings. The maximum Gasteiger partial charge on any atom is 0.339 e. The van der Waals surface area contributed by atoms with Crippen molar-refractivity contribution in [3.05, 3.63) is 59.4 Å². The SMILES string of the molecule is Cn1c(Cc2ccc(O)c(C(=O)O)c2)nc2ccccc21. The second kappa shape index (κ2) is 4.94. The molecule has 0 saturated carbocycles. The number of carboxylic acids is 1. The summed E-state index contributed by atoms with van der Waals surface area (Å²) >= 11 is 0. The topological polar surface area (TPSA) is 75.4 Å². The average Bonchev–Trinajstić information content (AvgIpc) is 2.78. The summed E-state index contributed by atoms with van der Waals surface area (Å²) in [5, 5.41) is 18.6. The van der Waals surface area contributed by atoms with Crippen molar-refractivity contribution in [2.24, 2.45) is 7.05 Å². The molecule has 2 aromatic carbocycles. The first kappa shape index (κ1) is 13.2. The third-order valence-electron chi connectivity index (χ3n) is 3.53. The number of imidazole rings is 1. The number of carboxylic acid groups (broad SMARTS) is 1. The molecular weight excluding hydrogens is 268 g/mol. The monoisotopic (exact) mass is 282 g/mol. The molecule has 3 aromatic rings. The first-order chi connectivity index (χ1) is 10.1. The Bertz CT molecular complexity index is 837. The second-order valence-electron chi connectivity index (χ2n) is 4.91. The summed E-state index contributed by atoms with van der Waals surface area (Å²) < 4.78 is 1.99. The van der Waals surface area contributed by atoms with Gasteiger partial charge >= 0.3 is 5.97 Å². The van der Waals surface area contributed by atoms with Crippen molar-refractivity contribution in [3.8, 4) is 5.75 Å². The second-order valence-corrected chi connectivity index (χ2v) is 4.91. The Hall–Kier alpha value is -2.82. The van der Waals surface area contributed by atoms with Crippen molar-refractivity contribution in [2.45, 2.75) is 6.42 Å². The van der Waals surface area contributed by atoms with Gasteiger partial charge in [-0.15, -0.1) is 0 Å². The van der Waals surface area contributed by atoms with Gasteiger partial charge < -0.3 is 14.8 Å². The maximum atomic E-state index is 11.1. The predicted octanol–water partition coefficient (Wildman–Crippen LogP) is 2.57. The summed E-state index contributed by atoms with van der Waals surface area (Å²) in [4.78, 5) is 15.6. The number of nitrogens with zero attached hydrogens (tertiary/aromatic N) is 2. The molecule has 2 N–H and O–H groups in total. The Morgan fingerprint density at radius 1 is 1.24 bits per heavy atom. The highest BCUT2D eigenvalue weighted by molar-refractivity contribution is 5.91. The van der Waals surface area contributed by atoms with Crippen molar-refractivity contribution in [1.29, 1.82) is 0 Å². The molecule has 5 nitrogen and oxygen atoms in total. The standard InChI is InChI=1S/C16H14N2O3/c1-18-13-5-3-2-4-12(13)17-15(18)9-10-6-7-14(19)11(8-10)16(20)21/h2-8,19H,9H2,1H3,(H,20,21). The van der Waals surface area contributed by atoms with Gasteiger partial charge in [0.25, 0.3) is 0 Å². The normalized spacial score (nSPS) is 10.9. The molecule has 0 saturated heterocycles. The fourth-order valence-electron chi connectivity index (χ4n) is 2.40. The lowest BCUT2D eigenvalue weighted by molar-refractivity contribution is 0.0693. The lowest BCUT2D eigenvalue weighted by Gasteiger charge is -2.05. The van der Waals surface area contributed by atoms with E-state index >= 15 is 0 Å². The summed E-state index contributed by atoms with van der Waals surface area (Å²) in [6, 6.07) is 12.4. The minimum atomic E-state index is -1.14. The molecule has 0 unspecified atom stereocenters. The van der Waals surface area contributed by atoms with Crippen molar-refractivity contribution in [2.75, 3.05) is 0 Å². The van der Waals surface area contributed by atoms with Crippen molar-refractivity contribution >= 4 is 17.0 Å². The maximum absolute atomic E-state index is 11.1. The third kappa shape index (κ3) is 2.33. The highest BCUT2D eigenvalue weighted by Crippen LogP contribution is 2.21. The number of phenols is 1. The molecule has 5 heteroatoms. The Morgan fingerprint density at radius 3 is 2.71 bits per heavy atom. The van der Waals surface area contributed by atoms with Crippen LogP contribution in [0.4, 0.5) is 0 Å². The molecule has 0 amide bonds. The first-order valence-corrected chi connectivity index (χ1v) is 6.52. The number of aromatic nitrogens is 2. The number of carbonyl (C=O) groups is 1. The fraction of sp³-hybridized carbons (Fsp3) is 0.125. The number of aromatic hydroxyl groups is 1. The van der Waals surface area contributed by atoms with E-state index in [4.69, 9.17) is 5.11 Å². The van der Waals surface area contributed by atoms with E-state index in [9.17, 15) is 9.90 Å². The smallest absolute Gasteiger partial charge is 0.339 e. The van der Waals surface area contributed by atoms with E-state index in [1.54, 1.807) is 6.07 Å². The van der Waals surface area contributed by atoms with Crippen LogP contribution in [-0.2, 0) is 13.5 Å². The molecule has 0 aliphatic carbocycles. The van der Waals surface area contributed by atoms with Crippen LogP contribution in [-0.4, -0.2) is 25.7 Å². The zero-order valence-corrected chi connectivity index (χ0v) is 11.4. The number of aryl methyl sites for hydroxylation is 1. The molecular formula is C16H14N2O3. The van der Waals surface area contributed by atoms with Crippen LogP contribution in [0, 0.1) is 0 Å². The van der Waals surface area contributed by atoms with Crippen molar-refractivity contribution < 1.29 is 15.0 Å². The molecule has 0 radical (unpaired) electrons. The van der Waals surface area contributed by atoms with Gasteiger partial charge in [-0.25, -0.2) is 9.78 Å². The Kier molecular flexibility index (Phi) is 3.10. The van der Waals surface area contributed by atoms with Crippen LogP contribution in [0.5, 0.6) is 5.75 Å². The number of rotatable bonds is 3. The number of aromatic carboxylic acids is 1. The molecule has 21 heavy (non-hydrogen) atoms. The Morgan fingerprint density at radius 2 is 2.00 bits per heavy atom. The van der Waals surface area contributed by atoms with Crippen molar-refractivity contribution in [3.63, 3.8) is 0 Å². The lowest BCUT2D eigenvalue weighted by Crippen LogP contribution is -2.02. The van der Waals surface area contributed by atoms with Crippen molar-refractivity contribution in [1.82, 2.24) is 9.55 Å². The highest BCUT2D eigenvalue weighted by atomic mass is 16.4. The van der Waals surface area contributed by atoms with Crippen LogP contribution >= 0.6 is 0 Å². The number of hydrogen-bond donors (Lipinski definition) is 2. The van der Waals surface area contributed by atoms with Gasteiger partial charge in [-0.05, 0) is 29.8 Å². The number of benzene rings is 2. The molecule has 0 bridgehead atoms. The summed E-state index contributed by atoms with van der Waals surface area (Å²) in [6.45, 7) is 0. The molecule has 0 aliphatic heterocycles. The summed E-state index contributed by atoms with van der Waals surface area (Å²) in [5.41, 5.74) is 2.65. The third-order valence-corrected chi connectivity index (χ3v) is 3.53. The largest absolute Gasteiger partial charge is 0.507 e. The van der Waals surface area contributed by atoms with Crippen LogP contribution in [0.3, 0.4) is 0 Å². The number of para-hydroxylation sites is 2. The van der Waals surface area contributed by atoms with Gasteiger partial charge in [0.05, 0.1) is 11.0 Å². The van der Waals surface area contributed by atoms with Crippen LogP contribution in [0.1, 0.15) is 21.7 Å². The quantitative estimate of drug-likeness (QED) is 0.774. The average molecular weight is 282 g/mol. The highest BCUT2D eigenvalue weighted by Gasteiger charge is 2.12. The zero-order chi connectivity index (χ0) is 15.0. The molecule has 0 fully saturated rings. The summed E-state index contributed by atoms with van der Waals surface area (Å²) in [7, 11) is 1.93. The predicted molar refractivity (Wildman–Crippen MR) is 78.6 cm³/mol. The minimum Gasteiger partial charge on any atom is -0.507 e. The van der Waals surface area contributed by atoms with E-state index in [0.29, 0.717) is 6.42 Å². The fourth-order valence-corrected chi connectivity index (χ4v) is 2.40. The lowest BCUT2D eigenvalue weighted by atomic mass is 10.1. The van der Waals surface area contributed by atoms with Gasteiger partial charge in [-0.2, -0.15) is 0 Å². The van der Waals surface area contributed by atoms with Crippen LogP contribution in [0.15, 0.2) is 42.5 Å². The Balaban J connectivity index is 2.01. The van der Waals surface area contributed by atoms with Crippen LogP contribution in [0.25, 0.3) is 11.0 Å². The van der Waals surface area contributed by atoms with E-state index in [0.717, 1.165) is 22.4 Å². The number of fused-ring (bicyclic) bond motifs is 1. The van der Waals surface area contributed by atoms with Crippen LogP contribution < -0.4 is 0 Å². The molecule has 0 spiro atoms. The molecule has 0 atom stereocenters. The van der Waals surface area contributed by atoms with E-state index in [-0.39, 0.29) is 11.3 Å². The molecule has 1 heterocycles. The van der Waals surface area contributed by atoms with E-state index in [2.05, 4.69) is 4.98 Å². The number of hydrogen-bond acceptors (Lipinski definition) is 3. The Labute approximate surface area is 121 Å². The van der Waals surface area contributed by atoms with Crippen LogP contribution in [0.2, 0.25) is 0 Å². The van der Waals surface area contributed by atoms with Gasteiger partial charge in [0, 0.05) is 13.5 Å². The zero-order valence-electron chi connectivity index (χ0n) is 11.4. The van der Waals surface area contributed by atoms with Gasteiger partial charge in [0.1, 0.15) is 17.1 Å². The van der Waals surface area contributed by atoms with E-state index in [1.165, 1.54) is 12.1 Å². The van der Waals surface area contributed by atoms with E-state index in [1.807, 2.05) is 35.9 Å². The van der Waals surface area contributed by atoms with E-state index < -0.39 is 5.97 Å². The minimum absolute atomic E-state index is 0.0914.